The van der Waals surface area contributed by atoms with Crippen molar-refractivity contribution < 1.29 is 0 Å². The van der Waals surface area contributed by atoms with Gasteiger partial charge in [0.25, 0.3) is 0 Å². The zero-order valence-electron chi connectivity index (χ0n) is 19.6. The van der Waals surface area contributed by atoms with Crippen LogP contribution in [0.5, 0.6) is 0 Å². The molecule has 0 aromatic carbocycles. The molecule has 0 heterocycles. The molecule has 6 atom stereocenters. The lowest BCUT2D eigenvalue weighted by molar-refractivity contribution is 0.00368. The van der Waals surface area contributed by atoms with Crippen LogP contribution in [0.3, 0.4) is 0 Å². The molecule has 0 aromatic heterocycles. The summed E-state index contributed by atoms with van der Waals surface area (Å²) in [5.74, 6) is 1.51. The lowest BCUT2D eigenvalue weighted by Gasteiger charge is -2.51. The van der Waals surface area contributed by atoms with Crippen LogP contribution in [-0.2, 0) is 0 Å². The third-order valence-corrected chi connectivity index (χ3v) is 8.97. The average molecular weight is 359 g/mol. The molecule has 1 nitrogen and oxygen atoms in total. The van der Waals surface area contributed by atoms with Gasteiger partial charge in [0.2, 0.25) is 0 Å². The summed E-state index contributed by atoms with van der Waals surface area (Å²) in [5.41, 5.74) is 7.59. The normalized spacial score (nSPS) is 54.6. The molecule has 0 radical (unpaired) electrons. The number of hydrogen-bond donors (Lipinski definition) is 1. The summed E-state index contributed by atoms with van der Waals surface area (Å²) >= 11 is 0. The van der Waals surface area contributed by atoms with Gasteiger partial charge in [-0.3, -0.25) is 0 Å². The number of nitrogens with two attached hydrogens (primary N) is 1. The van der Waals surface area contributed by atoms with E-state index in [1.54, 1.807) is 0 Å². The fourth-order valence-corrected chi connectivity index (χ4v) is 6.23. The zero-order valence-corrected chi connectivity index (χ0v) is 19.6. The van der Waals surface area contributed by atoms with Gasteiger partial charge in [0, 0.05) is 5.54 Å². The quantitative estimate of drug-likeness (QED) is 0.509. The Hall–Kier alpha value is 0.0899. The number of rotatable bonds is 1. The van der Waals surface area contributed by atoms with Gasteiger partial charge in [0.15, 0.2) is 0 Å². The fourth-order valence-electron chi connectivity index (χ4n) is 6.23. The Bertz CT molecular complexity index is 476. The van der Waals surface area contributed by atoms with Crippen molar-refractivity contribution in [2.45, 2.75) is 122 Å². The van der Waals surface area contributed by atoms with Gasteiger partial charge in [0.1, 0.15) is 15.7 Å². The summed E-state index contributed by atoms with van der Waals surface area (Å²) in [7, 11) is 5.00. The number of hydrogen-bond acceptors (Lipinski definition) is 1. The van der Waals surface area contributed by atoms with Crippen LogP contribution in [0.25, 0.3) is 0 Å². The van der Waals surface area contributed by atoms with E-state index in [1.807, 2.05) is 0 Å². The first-order valence-corrected chi connectivity index (χ1v) is 11.4. The molecular weight excluding hydrogens is 312 g/mol. The molecular formula is C23H47B2N. The maximum Gasteiger partial charge on any atom is 0.109 e. The first kappa shape index (κ1) is 22.4. The topological polar surface area (TPSA) is 26.0 Å². The summed E-state index contributed by atoms with van der Waals surface area (Å²) in [6.07, 6.45) is 11.9. The first-order valence-electron chi connectivity index (χ1n) is 11.4. The van der Waals surface area contributed by atoms with E-state index in [9.17, 15) is 0 Å². The summed E-state index contributed by atoms with van der Waals surface area (Å²) in [6.45, 7) is 17.5. The maximum absolute atomic E-state index is 6.88. The van der Waals surface area contributed by atoms with Gasteiger partial charge in [-0.25, -0.2) is 0 Å². The highest BCUT2D eigenvalue weighted by molar-refractivity contribution is 6.16. The molecule has 0 saturated heterocycles. The standard InChI is InChI=1S/C23H47B2N/c1-17-14-20(4,16-23(7,26)15-18(17)2)19(3)8-10-21(5,24)12-13-22(6,25)11-9-19/h17-18H,8-16,24-26H2,1-7H3. The van der Waals surface area contributed by atoms with Crippen molar-refractivity contribution in [2.75, 3.05) is 0 Å². The summed E-state index contributed by atoms with van der Waals surface area (Å²) in [4.78, 5) is 0. The smallest absolute Gasteiger partial charge is 0.109 e. The predicted molar refractivity (Wildman–Crippen MR) is 123 cm³/mol. The van der Waals surface area contributed by atoms with Gasteiger partial charge >= 0.3 is 0 Å². The summed E-state index contributed by atoms with van der Waals surface area (Å²) < 4.78 is 0. The molecule has 0 bridgehead atoms. The second kappa shape index (κ2) is 7.16. The lowest BCUT2D eigenvalue weighted by Crippen LogP contribution is -2.47. The molecule has 0 aliphatic heterocycles. The van der Waals surface area contributed by atoms with Crippen molar-refractivity contribution in [3.8, 4) is 0 Å². The minimum absolute atomic E-state index is 0.0224. The van der Waals surface area contributed by atoms with Gasteiger partial charge in [0.05, 0.1) is 0 Å². The van der Waals surface area contributed by atoms with Gasteiger partial charge < -0.3 is 5.73 Å². The van der Waals surface area contributed by atoms with Crippen LogP contribution >= 0.6 is 0 Å². The lowest BCUT2D eigenvalue weighted by atomic mass is 9.53. The van der Waals surface area contributed by atoms with E-state index >= 15 is 0 Å². The van der Waals surface area contributed by atoms with Crippen LogP contribution in [0.2, 0.25) is 10.6 Å². The minimum atomic E-state index is -0.0224. The molecule has 2 N–H and O–H groups in total. The second-order valence-electron chi connectivity index (χ2n) is 13.1. The molecule has 26 heavy (non-hydrogen) atoms. The Labute approximate surface area is 166 Å². The van der Waals surface area contributed by atoms with Crippen molar-refractivity contribution in [3.05, 3.63) is 0 Å². The Morgan fingerprint density at radius 3 is 1.50 bits per heavy atom. The largest absolute Gasteiger partial charge is 0.325 e. The molecule has 0 amide bonds. The molecule has 150 valence electrons. The summed E-state index contributed by atoms with van der Waals surface area (Å²) in [5, 5.41) is 0.934. The SMILES string of the molecule is BC1(C)CCC(B)(C)CCC(C)(C2(C)CC(C)C(C)CC(C)(N)C2)CC1. The van der Waals surface area contributed by atoms with Crippen molar-refractivity contribution >= 4 is 15.7 Å². The molecule has 2 rings (SSSR count). The Kier molecular flexibility index (Phi) is 6.16. The molecule has 2 aliphatic carbocycles. The molecule has 3 heteroatoms. The third-order valence-electron chi connectivity index (χ3n) is 8.97. The molecule has 0 aromatic rings. The van der Waals surface area contributed by atoms with Gasteiger partial charge in [-0.15, -0.1) is 0 Å². The molecule has 6 unspecified atom stereocenters. The van der Waals surface area contributed by atoms with E-state index in [0.717, 1.165) is 11.8 Å². The van der Waals surface area contributed by atoms with Crippen molar-refractivity contribution in [1.82, 2.24) is 0 Å². The van der Waals surface area contributed by atoms with Crippen molar-refractivity contribution in [1.29, 1.82) is 0 Å². The van der Waals surface area contributed by atoms with E-state index < -0.39 is 0 Å². The minimum Gasteiger partial charge on any atom is -0.325 e. The Morgan fingerprint density at radius 2 is 1.04 bits per heavy atom. The van der Waals surface area contributed by atoms with Crippen LogP contribution in [0.4, 0.5) is 0 Å². The highest BCUT2D eigenvalue weighted by Crippen LogP contribution is 2.60. The third kappa shape index (κ3) is 5.12. The van der Waals surface area contributed by atoms with Crippen LogP contribution < -0.4 is 5.73 Å². The molecule has 2 aliphatic rings. The predicted octanol–water partition coefficient (Wildman–Crippen LogP) is 5.15. The van der Waals surface area contributed by atoms with Gasteiger partial charge in [-0.05, 0) is 61.7 Å². The Balaban J connectivity index is 2.39. The monoisotopic (exact) mass is 359 g/mol. The van der Waals surface area contributed by atoms with Crippen molar-refractivity contribution in [3.63, 3.8) is 0 Å². The fraction of sp³-hybridized carbons (Fsp3) is 1.00. The van der Waals surface area contributed by atoms with Gasteiger partial charge in [-0.1, -0.05) is 77.9 Å². The van der Waals surface area contributed by atoms with E-state index in [2.05, 4.69) is 64.2 Å². The van der Waals surface area contributed by atoms with E-state index in [1.165, 1.54) is 57.8 Å². The van der Waals surface area contributed by atoms with Gasteiger partial charge in [-0.2, -0.15) is 0 Å². The maximum atomic E-state index is 6.88. The summed E-state index contributed by atoms with van der Waals surface area (Å²) in [6, 6.07) is 0. The molecule has 2 saturated carbocycles. The van der Waals surface area contributed by atoms with E-state index in [4.69, 9.17) is 5.73 Å². The van der Waals surface area contributed by atoms with Crippen LogP contribution in [0.1, 0.15) is 106 Å². The average Bonchev–Trinajstić information content (AvgIpc) is 2.52. The zero-order chi connectivity index (χ0) is 20.0. The van der Waals surface area contributed by atoms with Crippen LogP contribution in [0.15, 0.2) is 0 Å². The van der Waals surface area contributed by atoms with Crippen LogP contribution in [-0.4, -0.2) is 21.2 Å². The highest BCUT2D eigenvalue weighted by Gasteiger charge is 2.51. The van der Waals surface area contributed by atoms with Crippen LogP contribution in [0, 0.1) is 22.7 Å². The van der Waals surface area contributed by atoms with E-state index in [-0.39, 0.29) is 5.54 Å². The first-order chi connectivity index (χ1) is 11.6. The molecule has 2 fully saturated rings. The van der Waals surface area contributed by atoms with Crippen molar-refractivity contribution in [2.24, 2.45) is 28.4 Å². The van der Waals surface area contributed by atoms with E-state index in [0.29, 0.717) is 21.5 Å². The molecule has 0 spiro atoms. The Morgan fingerprint density at radius 1 is 0.654 bits per heavy atom. The second-order valence-corrected chi connectivity index (χ2v) is 13.1. The highest BCUT2D eigenvalue weighted by atomic mass is 14.8.